The second-order valence-electron chi connectivity index (χ2n) is 8.02. The van der Waals surface area contributed by atoms with Gasteiger partial charge in [0.1, 0.15) is 25.5 Å². The minimum Gasteiger partial charge on any atom is -0.495 e. The van der Waals surface area contributed by atoms with E-state index in [0.717, 1.165) is 10.6 Å². The normalized spacial score (nSPS) is 16.3. The summed E-state index contributed by atoms with van der Waals surface area (Å²) in [6.45, 7) is 1.15. The zero-order chi connectivity index (χ0) is 25.9. The van der Waals surface area contributed by atoms with Gasteiger partial charge in [-0.3, -0.25) is 9.10 Å². The second-order valence-corrected chi connectivity index (χ2v) is 11.9. The first kappa shape index (κ1) is 26.0. The van der Waals surface area contributed by atoms with Gasteiger partial charge in [-0.15, -0.1) is 0 Å². The summed E-state index contributed by atoms with van der Waals surface area (Å²) in [6, 6.07) is 8.67. The van der Waals surface area contributed by atoms with Crippen molar-refractivity contribution in [1.82, 2.24) is 4.31 Å². The first-order valence-corrected chi connectivity index (χ1v) is 14.3. The lowest BCUT2D eigenvalue weighted by molar-refractivity contribution is -0.114. The highest BCUT2D eigenvalue weighted by atomic mass is 32.2. The molecule has 2 aromatic rings. The quantitative estimate of drug-likeness (QED) is 0.516. The van der Waals surface area contributed by atoms with Crippen LogP contribution in [-0.4, -0.2) is 86.5 Å². The number of sulfonamides is 2. The molecular formula is C22H27N3O9S2. The van der Waals surface area contributed by atoms with Gasteiger partial charge >= 0.3 is 0 Å². The lowest BCUT2D eigenvalue weighted by Gasteiger charge is -2.26. The zero-order valence-corrected chi connectivity index (χ0v) is 21.4. The van der Waals surface area contributed by atoms with E-state index in [-0.39, 0.29) is 35.1 Å². The van der Waals surface area contributed by atoms with E-state index in [1.165, 1.54) is 41.7 Å². The number of anilines is 2. The van der Waals surface area contributed by atoms with Gasteiger partial charge in [0.25, 0.3) is 0 Å². The maximum atomic E-state index is 13.0. The highest BCUT2D eigenvalue weighted by Crippen LogP contribution is 2.35. The summed E-state index contributed by atoms with van der Waals surface area (Å²) < 4.78 is 74.8. The molecule has 0 saturated carbocycles. The van der Waals surface area contributed by atoms with Crippen LogP contribution in [0.5, 0.6) is 17.2 Å². The molecule has 0 aromatic heterocycles. The van der Waals surface area contributed by atoms with Crippen LogP contribution in [0.15, 0.2) is 41.3 Å². The molecule has 36 heavy (non-hydrogen) atoms. The fraction of sp³-hybridized carbons (Fsp3) is 0.409. The van der Waals surface area contributed by atoms with Gasteiger partial charge in [0.05, 0.1) is 42.8 Å². The number of nitrogens with one attached hydrogen (secondary N) is 1. The number of fused-ring (bicyclic) bond motifs is 1. The van der Waals surface area contributed by atoms with E-state index < -0.39 is 32.5 Å². The molecule has 0 spiro atoms. The Balaban J connectivity index is 1.57. The van der Waals surface area contributed by atoms with Gasteiger partial charge in [0.15, 0.2) is 11.5 Å². The van der Waals surface area contributed by atoms with Crippen LogP contribution in [0.25, 0.3) is 0 Å². The fourth-order valence-electron chi connectivity index (χ4n) is 3.79. The minimum atomic E-state index is -3.86. The van der Waals surface area contributed by atoms with Crippen LogP contribution in [0, 0.1) is 0 Å². The molecule has 2 heterocycles. The van der Waals surface area contributed by atoms with Gasteiger partial charge in [0, 0.05) is 19.2 Å². The number of carbonyl (C=O) groups is 1. The molecule has 1 saturated heterocycles. The van der Waals surface area contributed by atoms with Crippen LogP contribution < -0.4 is 23.8 Å². The lowest BCUT2D eigenvalue weighted by atomic mass is 10.2. The van der Waals surface area contributed by atoms with E-state index in [0.29, 0.717) is 37.9 Å². The molecule has 2 aliphatic heterocycles. The minimum absolute atomic E-state index is 0.0349. The van der Waals surface area contributed by atoms with Crippen LogP contribution in [-0.2, 0) is 29.6 Å². The first-order chi connectivity index (χ1) is 17.1. The molecule has 2 aromatic carbocycles. The molecular weight excluding hydrogens is 514 g/mol. The molecule has 0 atom stereocenters. The van der Waals surface area contributed by atoms with Crippen LogP contribution in [0.1, 0.15) is 0 Å². The van der Waals surface area contributed by atoms with E-state index >= 15 is 0 Å². The third kappa shape index (κ3) is 5.67. The van der Waals surface area contributed by atoms with Crippen LogP contribution in [0.2, 0.25) is 0 Å². The highest BCUT2D eigenvalue weighted by Gasteiger charge is 2.28. The van der Waals surface area contributed by atoms with Crippen molar-refractivity contribution < 1.29 is 40.6 Å². The molecule has 4 rings (SSSR count). The van der Waals surface area contributed by atoms with Gasteiger partial charge in [-0.1, -0.05) is 0 Å². The van der Waals surface area contributed by atoms with E-state index in [2.05, 4.69) is 5.32 Å². The third-order valence-corrected chi connectivity index (χ3v) is 8.59. The van der Waals surface area contributed by atoms with Crippen molar-refractivity contribution in [1.29, 1.82) is 0 Å². The Morgan fingerprint density at radius 1 is 1.00 bits per heavy atom. The topological polar surface area (TPSA) is 141 Å². The number of hydrogen-bond acceptors (Lipinski definition) is 9. The summed E-state index contributed by atoms with van der Waals surface area (Å²) in [7, 11) is -6.32. The molecule has 1 fully saturated rings. The third-order valence-electron chi connectivity index (χ3n) is 5.55. The summed E-state index contributed by atoms with van der Waals surface area (Å²) >= 11 is 0. The molecule has 14 heteroatoms. The van der Waals surface area contributed by atoms with Gasteiger partial charge in [-0.2, -0.15) is 4.31 Å². The molecule has 196 valence electrons. The van der Waals surface area contributed by atoms with Crippen LogP contribution >= 0.6 is 0 Å². The molecule has 12 nitrogen and oxygen atoms in total. The van der Waals surface area contributed by atoms with Crippen molar-refractivity contribution in [2.75, 3.05) is 69.0 Å². The number of hydrogen-bond donors (Lipinski definition) is 1. The Hall–Kier alpha value is -3.07. The van der Waals surface area contributed by atoms with Gasteiger partial charge in [0.2, 0.25) is 26.0 Å². The molecule has 1 amide bonds. The summed E-state index contributed by atoms with van der Waals surface area (Å²) in [6.07, 6.45) is 0.979. The average molecular weight is 542 g/mol. The second kappa shape index (κ2) is 10.5. The number of carbonyl (C=O) groups excluding carboxylic acids is 1. The fourth-order valence-corrected chi connectivity index (χ4v) is 6.07. The maximum absolute atomic E-state index is 13.0. The monoisotopic (exact) mass is 541 g/mol. The number of morpholine rings is 1. The van der Waals surface area contributed by atoms with E-state index in [1.54, 1.807) is 6.07 Å². The average Bonchev–Trinajstić information content (AvgIpc) is 2.87. The summed E-state index contributed by atoms with van der Waals surface area (Å²) in [5, 5.41) is 2.58. The number of ether oxygens (including phenoxy) is 4. The molecule has 2 aliphatic rings. The maximum Gasteiger partial charge on any atom is 0.245 e. The standard InChI is InChI=1S/C22H27N3O9S2/c1-31-19-6-4-17(36(29,30)24-7-9-32-10-8-24)14-18(19)23-22(26)15-25(35(2,27)28)16-3-5-20-21(13-16)34-12-11-33-20/h3-6,13-14H,7-12,15H2,1-2H3,(H,23,26). The Bertz CT molecular complexity index is 1340. The van der Waals surface area contributed by atoms with Gasteiger partial charge in [-0.05, 0) is 30.3 Å². The highest BCUT2D eigenvalue weighted by molar-refractivity contribution is 7.92. The van der Waals surface area contributed by atoms with Gasteiger partial charge < -0.3 is 24.3 Å². The van der Waals surface area contributed by atoms with Crippen molar-refractivity contribution in [3.63, 3.8) is 0 Å². The predicted molar refractivity (Wildman–Crippen MR) is 131 cm³/mol. The van der Waals surface area contributed by atoms with Crippen LogP contribution in [0.3, 0.4) is 0 Å². The molecule has 0 bridgehead atoms. The number of amides is 1. The molecule has 0 unspecified atom stereocenters. The van der Waals surface area contributed by atoms with Gasteiger partial charge in [-0.25, -0.2) is 16.8 Å². The zero-order valence-electron chi connectivity index (χ0n) is 19.8. The Kier molecular flexibility index (Phi) is 7.59. The molecule has 0 aliphatic carbocycles. The predicted octanol–water partition coefficient (Wildman–Crippen LogP) is 0.892. The smallest absolute Gasteiger partial charge is 0.245 e. The Morgan fingerprint density at radius 3 is 2.36 bits per heavy atom. The largest absolute Gasteiger partial charge is 0.495 e. The lowest BCUT2D eigenvalue weighted by Crippen LogP contribution is -2.40. The number of benzene rings is 2. The number of nitrogens with zero attached hydrogens (tertiary/aromatic N) is 2. The number of methoxy groups -OCH3 is 1. The van der Waals surface area contributed by atoms with Crippen molar-refractivity contribution in [2.24, 2.45) is 0 Å². The van der Waals surface area contributed by atoms with Crippen molar-refractivity contribution in [3.05, 3.63) is 36.4 Å². The van der Waals surface area contributed by atoms with E-state index in [4.69, 9.17) is 18.9 Å². The molecule has 1 N–H and O–H groups in total. The van der Waals surface area contributed by atoms with E-state index in [9.17, 15) is 21.6 Å². The summed E-state index contributed by atoms with van der Waals surface area (Å²) in [5.74, 6) is 0.366. The van der Waals surface area contributed by atoms with Crippen molar-refractivity contribution in [2.45, 2.75) is 4.90 Å². The van der Waals surface area contributed by atoms with Crippen LogP contribution in [0.4, 0.5) is 11.4 Å². The Labute approximate surface area is 209 Å². The van der Waals surface area contributed by atoms with Crippen molar-refractivity contribution >= 4 is 37.3 Å². The number of rotatable bonds is 8. The Morgan fingerprint density at radius 2 is 1.69 bits per heavy atom. The summed E-state index contributed by atoms with van der Waals surface area (Å²) in [4.78, 5) is 12.9. The molecule has 0 radical (unpaired) electrons. The van der Waals surface area contributed by atoms with Crippen molar-refractivity contribution in [3.8, 4) is 17.2 Å². The SMILES string of the molecule is COc1ccc(S(=O)(=O)N2CCOCC2)cc1NC(=O)CN(c1ccc2c(c1)OCCO2)S(C)(=O)=O. The summed E-state index contributed by atoms with van der Waals surface area (Å²) in [5.41, 5.74) is 0.306. The van der Waals surface area contributed by atoms with E-state index in [1.807, 2.05) is 0 Å². The first-order valence-electron chi connectivity index (χ1n) is 11.0.